The lowest BCUT2D eigenvalue weighted by Gasteiger charge is -2.20. The number of methoxy groups -OCH3 is 1. The molecule has 0 atom stereocenters. The van der Waals surface area contributed by atoms with Gasteiger partial charge in [0.1, 0.15) is 5.02 Å². The van der Waals surface area contributed by atoms with Crippen LogP contribution in [0.1, 0.15) is 13.8 Å². The highest BCUT2D eigenvalue weighted by atomic mass is 35.5. The minimum absolute atomic E-state index is 0.261. The van der Waals surface area contributed by atoms with E-state index in [1.165, 1.54) is 11.8 Å². The Bertz CT molecular complexity index is 354. The quantitative estimate of drug-likeness (QED) is 0.797. The molecule has 0 spiro atoms. The van der Waals surface area contributed by atoms with Gasteiger partial charge in [0.05, 0.1) is 19.1 Å². The van der Waals surface area contributed by atoms with E-state index in [2.05, 4.69) is 9.84 Å². The van der Waals surface area contributed by atoms with E-state index in [1.54, 1.807) is 20.0 Å². The van der Waals surface area contributed by atoms with Gasteiger partial charge in [-0.15, -0.1) is 0 Å². The first-order valence-electron chi connectivity index (χ1n) is 4.43. The van der Waals surface area contributed by atoms with Gasteiger partial charge in [0.25, 0.3) is 0 Å². The van der Waals surface area contributed by atoms with Gasteiger partial charge in [-0.05, 0) is 13.8 Å². The van der Waals surface area contributed by atoms with Crippen LogP contribution < -0.4 is 5.73 Å². The maximum absolute atomic E-state index is 11.4. The molecule has 0 saturated heterocycles. The fourth-order valence-electron chi connectivity index (χ4n) is 1.24. The van der Waals surface area contributed by atoms with E-state index in [0.717, 1.165) is 0 Å². The number of nitrogen functional groups attached to an aromatic ring is 1. The predicted molar refractivity (Wildman–Crippen MR) is 57.4 cm³/mol. The minimum Gasteiger partial charge on any atom is -0.469 e. The number of esters is 1. The van der Waals surface area contributed by atoms with Gasteiger partial charge in [-0.2, -0.15) is 5.10 Å². The van der Waals surface area contributed by atoms with E-state index in [9.17, 15) is 4.79 Å². The number of carbonyl (C=O) groups excluding carboxylic acids is 1. The Kier molecular flexibility index (Phi) is 3.24. The van der Waals surface area contributed by atoms with Gasteiger partial charge >= 0.3 is 5.97 Å². The molecule has 2 N–H and O–H groups in total. The molecule has 0 fully saturated rings. The number of anilines is 1. The van der Waals surface area contributed by atoms with E-state index in [0.29, 0.717) is 11.6 Å². The summed E-state index contributed by atoms with van der Waals surface area (Å²) >= 11 is 5.75. The lowest BCUT2D eigenvalue weighted by Crippen LogP contribution is -2.30. The SMILES string of the molecule is COC(=O)C(C)(C)Cn1cc(Cl)c(N)n1. The molecular weight excluding hydrogens is 218 g/mol. The molecule has 0 aliphatic carbocycles. The van der Waals surface area contributed by atoms with Crippen molar-refractivity contribution in [2.45, 2.75) is 20.4 Å². The van der Waals surface area contributed by atoms with Crippen LogP contribution >= 0.6 is 11.6 Å². The number of halogens is 1. The average Bonchev–Trinajstić information content (AvgIpc) is 2.43. The number of carbonyl (C=O) groups is 1. The summed E-state index contributed by atoms with van der Waals surface area (Å²) in [5.41, 5.74) is 4.83. The van der Waals surface area contributed by atoms with Gasteiger partial charge in [0, 0.05) is 6.20 Å². The molecule has 0 saturated carbocycles. The largest absolute Gasteiger partial charge is 0.469 e. The number of hydrogen-bond acceptors (Lipinski definition) is 4. The van der Waals surface area contributed by atoms with Crippen molar-refractivity contribution in [3.05, 3.63) is 11.2 Å². The highest BCUT2D eigenvalue weighted by Gasteiger charge is 2.29. The molecule has 1 heterocycles. The lowest BCUT2D eigenvalue weighted by molar-refractivity contribution is -0.151. The fraction of sp³-hybridized carbons (Fsp3) is 0.556. The van der Waals surface area contributed by atoms with Crippen molar-refractivity contribution < 1.29 is 9.53 Å². The highest BCUT2D eigenvalue weighted by Crippen LogP contribution is 2.22. The predicted octanol–water partition coefficient (Wildman–Crippen LogP) is 1.32. The van der Waals surface area contributed by atoms with Gasteiger partial charge in [-0.25, -0.2) is 0 Å². The Morgan fingerprint density at radius 2 is 2.33 bits per heavy atom. The van der Waals surface area contributed by atoms with Gasteiger partial charge in [0.15, 0.2) is 5.82 Å². The third-order valence-electron chi connectivity index (χ3n) is 2.04. The molecule has 1 aromatic heterocycles. The van der Waals surface area contributed by atoms with E-state index >= 15 is 0 Å². The van der Waals surface area contributed by atoms with E-state index < -0.39 is 5.41 Å². The average molecular weight is 232 g/mol. The molecule has 0 aliphatic rings. The summed E-state index contributed by atoms with van der Waals surface area (Å²) < 4.78 is 6.22. The molecule has 1 aromatic rings. The first kappa shape index (κ1) is 11.8. The van der Waals surface area contributed by atoms with Crippen LogP contribution in [-0.4, -0.2) is 22.9 Å². The second kappa shape index (κ2) is 4.10. The number of aromatic nitrogens is 2. The minimum atomic E-state index is -0.656. The topological polar surface area (TPSA) is 70.1 Å². The van der Waals surface area contributed by atoms with Gasteiger partial charge in [-0.1, -0.05) is 11.6 Å². The molecule has 15 heavy (non-hydrogen) atoms. The van der Waals surface area contributed by atoms with Crippen LogP contribution in [0.5, 0.6) is 0 Å². The zero-order chi connectivity index (χ0) is 11.6. The third kappa shape index (κ3) is 2.62. The Balaban J connectivity index is 2.81. The first-order chi connectivity index (χ1) is 6.86. The Morgan fingerprint density at radius 1 is 1.73 bits per heavy atom. The van der Waals surface area contributed by atoms with Gasteiger partial charge in [-0.3, -0.25) is 9.48 Å². The molecule has 0 unspecified atom stereocenters. The summed E-state index contributed by atoms with van der Waals surface area (Å²) in [6.07, 6.45) is 1.58. The van der Waals surface area contributed by atoms with Crippen molar-refractivity contribution >= 4 is 23.4 Å². The summed E-state index contributed by atoms with van der Waals surface area (Å²) in [5, 5.41) is 4.35. The van der Waals surface area contributed by atoms with Gasteiger partial charge in [0.2, 0.25) is 0 Å². The molecule has 0 aromatic carbocycles. The van der Waals surface area contributed by atoms with Crippen LogP contribution in [0.2, 0.25) is 5.02 Å². The van der Waals surface area contributed by atoms with Crippen molar-refractivity contribution in [1.82, 2.24) is 9.78 Å². The zero-order valence-corrected chi connectivity index (χ0v) is 9.71. The number of nitrogens with zero attached hydrogens (tertiary/aromatic N) is 2. The van der Waals surface area contributed by atoms with Crippen LogP contribution in [0, 0.1) is 5.41 Å². The van der Waals surface area contributed by atoms with Crippen LogP contribution in [0.3, 0.4) is 0 Å². The summed E-state index contributed by atoms with van der Waals surface area (Å²) in [6.45, 7) is 3.91. The second-order valence-corrected chi connectivity index (χ2v) is 4.34. The monoisotopic (exact) mass is 231 g/mol. The molecule has 6 heteroatoms. The van der Waals surface area contributed by atoms with Crippen molar-refractivity contribution in [2.24, 2.45) is 5.41 Å². The van der Waals surface area contributed by atoms with E-state index in [-0.39, 0.29) is 11.8 Å². The number of nitrogens with two attached hydrogens (primary N) is 1. The van der Waals surface area contributed by atoms with E-state index in [4.69, 9.17) is 17.3 Å². The van der Waals surface area contributed by atoms with Crippen molar-refractivity contribution in [1.29, 1.82) is 0 Å². The molecule has 0 bridgehead atoms. The van der Waals surface area contributed by atoms with E-state index in [1.807, 2.05) is 0 Å². The Hall–Kier alpha value is -1.23. The molecule has 0 amide bonds. The second-order valence-electron chi connectivity index (χ2n) is 3.94. The maximum atomic E-state index is 11.4. The molecule has 1 rings (SSSR count). The summed E-state index contributed by atoms with van der Waals surface area (Å²) in [5.74, 6) is -0.0370. The zero-order valence-electron chi connectivity index (χ0n) is 8.95. The summed E-state index contributed by atoms with van der Waals surface area (Å²) in [4.78, 5) is 11.4. The van der Waals surface area contributed by atoms with Gasteiger partial charge < -0.3 is 10.5 Å². The molecule has 0 radical (unpaired) electrons. The standard InChI is InChI=1S/C9H14ClN3O2/c1-9(2,8(14)15-3)5-13-4-6(10)7(11)12-13/h4H,5H2,1-3H3,(H2,11,12). The number of rotatable bonds is 3. The molecule has 5 nitrogen and oxygen atoms in total. The Morgan fingerprint density at radius 3 is 2.73 bits per heavy atom. The van der Waals surface area contributed by atoms with Crippen LogP contribution in [-0.2, 0) is 16.1 Å². The van der Waals surface area contributed by atoms with Crippen LogP contribution in [0.25, 0.3) is 0 Å². The summed E-state index contributed by atoms with van der Waals surface area (Å²) in [7, 11) is 1.36. The number of ether oxygens (including phenoxy) is 1. The molecule has 84 valence electrons. The third-order valence-corrected chi connectivity index (χ3v) is 2.33. The lowest BCUT2D eigenvalue weighted by atomic mass is 9.94. The van der Waals surface area contributed by atoms with Crippen molar-refractivity contribution in [3.8, 4) is 0 Å². The van der Waals surface area contributed by atoms with Crippen molar-refractivity contribution in [2.75, 3.05) is 12.8 Å². The Labute approximate surface area is 93.1 Å². The first-order valence-corrected chi connectivity index (χ1v) is 4.81. The molecule has 0 aliphatic heterocycles. The number of hydrogen-bond donors (Lipinski definition) is 1. The highest BCUT2D eigenvalue weighted by molar-refractivity contribution is 6.32. The van der Waals surface area contributed by atoms with Crippen LogP contribution in [0.4, 0.5) is 5.82 Å². The summed E-state index contributed by atoms with van der Waals surface area (Å²) in [6, 6.07) is 0. The molecular formula is C9H14ClN3O2. The van der Waals surface area contributed by atoms with Crippen LogP contribution in [0.15, 0.2) is 6.20 Å². The van der Waals surface area contributed by atoms with Crippen molar-refractivity contribution in [3.63, 3.8) is 0 Å². The smallest absolute Gasteiger partial charge is 0.313 e. The normalized spacial score (nSPS) is 11.5. The fourth-order valence-corrected chi connectivity index (χ4v) is 1.39. The maximum Gasteiger partial charge on any atom is 0.313 e.